The Balaban J connectivity index is 2.27. The van der Waals surface area contributed by atoms with Gasteiger partial charge in [0.2, 0.25) is 0 Å². The van der Waals surface area contributed by atoms with Crippen LogP contribution in [0.25, 0.3) is 0 Å². The van der Waals surface area contributed by atoms with Gasteiger partial charge in [-0.3, -0.25) is 0 Å². The molecule has 0 aliphatic rings. The van der Waals surface area contributed by atoms with Gasteiger partial charge in [0, 0.05) is 18.9 Å². The zero-order chi connectivity index (χ0) is 10.2. The van der Waals surface area contributed by atoms with Gasteiger partial charge in [-0.2, -0.15) is 0 Å². The minimum absolute atomic E-state index is 1.18. The van der Waals surface area contributed by atoms with Crippen LogP contribution in [0, 0.1) is 0 Å². The van der Waals surface area contributed by atoms with Crippen molar-refractivity contribution in [3.8, 4) is 0 Å². The van der Waals surface area contributed by atoms with Crippen molar-refractivity contribution in [2.45, 2.75) is 58.9 Å². The summed E-state index contributed by atoms with van der Waals surface area (Å²) >= 11 is 0. The molecule has 0 saturated heterocycles. The molecule has 0 aliphatic carbocycles. The first kappa shape index (κ1) is 11.4. The largest absolute Gasteiger partial charge is 0.354 e. The summed E-state index contributed by atoms with van der Waals surface area (Å²) in [6.45, 7) is 5.68. The van der Waals surface area contributed by atoms with E-state index in [1.54, 1.807) is 0 Å². The van der Waals surface area contributed by atoms with Gasteiger partial charge in [-0.15, -0.1) is 0 Å². The van der Waals surface area contributed by atoms with E-state index in [0.717, 1.165) is 0 Å². The summed E-state index contributed by atoms with van der Waals surface area (Å²) in [5, 5.41) is 0. The van der Waals surface area contributed by atoms with Crippen LogP contribution >= 0.6 is 0 Å². The fraction of sp³-hybridized carbons (Fsp3) is 0.692. The van der Waals surface area contributed by atoms with E-state index in [-0.39, 0.29) is 0 Å². The van der Waals surface area contributed by atoms with Crippen LogP contribution in [-0.2, 0) is 13.0 Å². The van der Waals surface area contributed by atoms with E-state index >= 15 is 0 Å². The smallest absolute Gasteiger partial charge is 0.0219 e. The molecule has 1 rings (SSSR count). The molecule has 0 unspecified atom stereocenters. The molecule has 0 saturated carbocycles. The molecule has 1 heteroatoms. The molecule has 80 valence electrons. The van der Waals surface area contributed by atoms with Crippen molar-refractivity contribution in [1.82, 2.24) is 4.57 Å². The van der Waals surface area contributed by atoms with Gasteiger partial charge in [-0.1, -0.05) is 33.1 Å². The van der Waals surface area contributed by atoms with Crippen molar-refractivity contribution in [2.75, 3.05) is 0 Å². The van der Waals surface area contributed by atoms with E-state index in [1.807, 2.05) is 0 Å². The molecule has 1 aromatic heterocycles. The monoisotopic (exact) mass is 193 g/mol. The molecule has 0 radical (unpaired) electrons. The number of rotatable bonds is 7. The van der Waals surface area contributed by atoms with E-state index in [9.17, 15) is 0 Å². The summed E-state index contributed by atoms with van der Waals surface area (Å²) in [5.41, 5.74) is 1.51. The van der Waals surface area contributed by atoms with Crippen LogP contribution in [0.1, 0.15) is 51.5 Å². The van der Waals surface area contributed by atoms with Crippen LogP contribution in [0.5, 0.6) is 0 Å². The standard InChI is InChI=1S/C13H23N/c1-3-5-7-8-13-9-11-14(12-13)10-6-4-2/h9,11-12H,3-8,10H2,1-2H3. The Morgan fingerprint density at radius 2 is 1.86 bits per heavy atom. The maximum atomic E-state index is 2.32. The molecule has 1 aromatic rings. The van der Waals surface area contributed by atoms with Gasteiger partial charge in [0.05, 0.1) is 0 Å². The van der Waals surface area contributed by atoms with Crippen LogP contribution in [0.4, 0.5) is 0 Å². The number of unbranched alkanes of at least 4 members (excludes halogenated alkanes) is 3. The van der Waals surface area contributed by atoms with E-state index in [2.05, 4.69) is 36.9 Å². The van der Waals surface area contributed by atoms with Crippen molar-refractivity contribution < 1.29 is 0 Å². The Morgan fingerprint density at radius 1 is 1.07 bits per heavy atom. The van der Waals surface area contributed by atoms with Crippen molar-refractivity contribution in [1.29, 1.82) is 0 Å². The summed E-state index contributed by atoms with van der Waals surface area (Å²) in [5.74, 6) is 0. The minimum atomic E-state index is 1.18. The lowest BCUT2D eigenvalue weighted by atomic mass is 10.1. The number of hydrogen-bond donors (Lipinski definition) is 0. The number of nitrogens with zero attached hydrogens (tertiary/aromatic N) is 1. The summed E-state index contributed by atoms with van der Waals surface area (Å²) < 4.78 is 2.32. The summed E-state index contributed by atoms with van der Waals surface area (Å²) in [7, 11) is 0. The van der Waals surface area contributed by atoms with Crippen molar-refractivity contribution >= 4 is 0 Å². The molecule has 0 aromatic carbocycles. The van der Waals surface area contributed by atoms with Crippen LogP contribution in [0.15, 0.2) is 18.5 Å². The molecule has 14 heavy (non-hydrogen) atoms. The lowest BCUT2D eigenvalue weighted by molar-refractivity contribution is 0.632. The van der Waals surface area contributed by atoms with E-state index in [1.165, 1.54) is 50.6 Å². The molecule has 0 bridgehead atoms. The van der Waals surface area contributed by atoms with Crippen LogP contribution < -0.4 is 0 Å². The first-order valence-corrected chi connectivity index (χ1v) is 6.01. The molecule has 1 heterocycles. The molecular weight excluding hydrogens is 170 g/mol. The maximum absolute atomic E-state index is 2.32. The van der Waals surface area contributed by atoms with Crippen molar-refractivity contribution in [3.63, 3.8) is 0 Å². The lowest BCUT2D eigenvalue weighted by Gasteiger charge is -1.99. The third-order valence-electron chi connectivity index (χ3n) is 2.65. The molecule has 0 atom stereocenters. The molecule has 0 amide bonds. The van der Waals surface area contributed by atoms with Crippen LogP contribution in [-0.4, -0.2) is 4.57 Å². The molecule has 0 aliphatic heterocycles. The highest BCUT2D eigenvalue weighted by molar-refractivity contribution is 5.10. The van der Waals surface area contributed by atoms with Crippen LogP contribution in [0.3, 0.4) is 0 Å². The van der Waals surface area contributed by atoms with E-state index < -0.39 is 0 Å². The second-order valence-corrected chi connectivity index (χ2v) is 4.07. The molecule has 0 fully saturated rings. The average Bonchev–Trinajstić information content (AvgIpc) is 2.63. The van der Waals surface area contributed by atoms with Gasteiger partial charge < -0.3 is 4.57 Å². The average molecular weight is 193 g/mol. The highest BCUT2D eigenvalue weighted by Gasteiger charge is 1.96. The second-order valence-electron chi connectivity index (χ2n) is 4.07. The molecule has 1 nitrogen and oxygen atoms in total. The normalized spacial score (nSPS) is 10.7. The Bertz CT molecular complexity index is 237. The highest BCUT2D eigenvalue weighted by Crippen LogP contribution is 2.08. The van der Waals surface area contributed by atoms with Gasteiger partial charge in [0.25, 0.3) is 0 Å². The Morgan fingerprint density at radius 3 is 2.57 bits per heavy atom. The molecule has 0 N–H and O–H groups in total. The van der Waals surface area contributed by atoms with Crippen molar-refractivity contribution in [3.05, 3.63) is 24.0 Å². The van der Waals surface area contributed by atoms with E-state index in [0.29, 0.717) is 0 Å². The third-order valence-corrected chi connectivity index (χ3v) is 2.65. The molecule has 0 spiro atoms. The Kier molecular flexibility index (Phi) is 5.43. The first-order valence-electron chi connectivity index (χ1n) is 6.01. The zero-order valence-corrected chi connectivity index (χ0v) is 9.63. The highest BCUT2D eigenvalue weighted by atomic mass is 14.9. The SMILES string of the molecule is CCCCCc1ccn(CCCC)c1. The summed E-state index contributed by atoms with van der Waals surface area (Å²) in [6.07, 6.45) is 12.4. The quantitative estimate of drug-likeness (QED) is 0.576. The van der Waals surface area contributed by atoms with Gasteiger partial charge >= 0.3 is 0 Å². The van der Waals surface area contributed by atoms with Crippen molar-refractivity contribution in [2.24, 2.45) is 0 Å². The second kappa shape index (κ2) is 6.69. The maximum Gasteiger partial charge on any atom is 0.0219 e. The Hall–Kier alpha value is -0.720. The third kappa shape index (κ3) is 3.99. The number of hydrogen-bond acceptors (Lipinski definition) is 0. The van der Waals surface area contributed by atoms with Crippen LogP contribution in [0.2, 0.25) is 0 Å². The lowest BCUT2D eigenvalue weighted by Crippen LogP contribution is -1.93. The summed E-state index contributed by atoms with van der Waals surface area (Å²) in [4.78, 5) is 0. The number of aromatic nitrogens is 1. The summed E-state index contributed by atoms with van der Waals surface area (Å²) in [6, 6.07) is 2.27. The predicted molar refractivity (Wildman–Crippen MR) is 62.6 cm³/mol. The zero-order valence-electron chi connectivity index (χ0n) is 9.63. The number of aryl methyl sites for hydroxylation is 2. The van der Waals surface area contributed by atoms with Gasteiger partial charge in [-0.05, 0) is 30.9 Å². The van der Waals surface area contributed by atoms with E-state index in [4.69, 9.17) is 0 Å². The fourth-order valence-electron chi connectivity index (χ4n) is 1.70. The minimum Gasteiger partial charge on any atom is -0.354 e. The fourth-order valence-corrected chi connectivity index (χ4v) is 1.70. The van der Waals surface area contributed by atoms with Gasteiger partial charge in [0.15, 0.2) is 0 Å². The topological polar surface area (TPSA) is 4.93 Å². The predicted octanol–water partition coefficient (Wildman–Crippen LogP) is 4.02. The first-order chi connectivity index (χ1) is 6.86. The Labute approximate surface area is 88.1 Å². The van der Waals surface area contributed by atoms with Gasteiger partial charge in [0.1, 0.15) is 0 Å². The van der Waals surface area contributed by atoms with Gasteiger partial charge in [-0.25, -0.2) is 0 Å². The molecular formula is C13H23N.